The first-order valence-electron chi connectivity index (χ1n) is 6.58. The Hall–Kier alpha value is -1.49. The molecule has 0 saturated heterocycles. The Morgan fingerprint density at radius 2 is 2.05 bits per heavy atom. The predicted molar refractivity (Wildman–Crippen MR) is 69.5 cm³/mol. The highest BCUT2D eigenvalue weighted by molar-refractivity contribution is 5.92. The molecular weight excluding hydrogens is 250 g/mol. The zero-order chi connectivity index (χ0) is 13.8. The zero-order valence-corrected chi connectivity index (χ0v) is 10.7. The van der Waals surface area contributed by atoms with Crippen LogP contribution in [0.15, 0.2) is 18.2 Å². The van der Waals surface area contributed by atoms with E-state index in [2.05, 4.69) is 5.32 Å². The van der Waals surface area contributed by atoms with Crippen LogP contribution in [0, 0.1) is 23.5 Å². The van der Waals surface area contributed by atoms with Gasteiger partial charge in [0.2, 0.25) is 5.91 Å². The minimum atomic E-state index is -0.756. The summed E-state index contributed by atoms with van der Waals surface area (Å²) in [4.78, 5) is 12.1. The Morgan fingerprint density at radius 1 is 1.32 bits per heavy atom. The van der Waals surface area contributed by atoms with Crippen LogP contribution < -0.4 is 11.1 Å². The van der Waals surface area contributed by atoms with E-state index in [-0.39, 0.29) is 23.4 Å². The monoisotopic (exact) mass is 268 g/mol. The standard InChI is InChI=1S/C14H18F2N2O/c15-10-5-6-13(12(16)7-10)18-14(19)11-4-2-1-3-9(11)8-17/h5-7,9,11H,1-4,8,17H2,(H,18,19). The molecule has 1 aliphatic carbocycles. The van der Waals surface area contributed by atoms with Gasteiger partial charge in [-0.3, -0.25) is 4.79 Å². The van der Waals surface area contributed by atoms with Crippen molar-refractivity contribution in [3.05, 3.63) is 29.8 Å². The average molecular weight is 268 g/mol. The largest absolute Gasteiger partial charge is 0.330 e. The Kier molecular flexibility index (Phi) is 4.47. The topological polar surface area (TPSA) is 55.1 Å². The molecule has 2 atom stereocenters. The molecule has 3 N–H and O–H groups in total. The number of carbonyl (C=O) groups is 1. The Labute approximate surface area is 111 Å². The van der Waals surface area contributed by atoms with Crippen LogP contribution in [0.2, 0.25) is 0 Å². The quantitative estimate of drug-likeness (QED) is 0.885. The summed E-state index contributed by atoms with van der Waals surface area (Å²) in [5, 5.41) is 2.54. The molecule has 1 aliphatic rings. The molecule has 1 fully saturated rings. The maximum atomic E-state index is 13.5. The van der Waals surface area contributed by atoms with Gasteiger partial charge < -0.3 is 11.1 Å². The third-order valence-corrected chi connectivity index (χ3v) is 3.74. The summed E-state index contributed by atoms with van der Waals surface area (Å²) >= 11 is 0. The molecule has 19 heavy (non-hydrogen) atoms. The summed E-state index contributed by atoms with van der Waals surface area (Å²) in [6.07, 6.45) is 3.77. The maximum absolute atomic E-state index is 13.5. The SMILES string of the molecule is NCC1CCCCC1C(=O)Nc1ccc(F)cc1F. The van der Waals surface area contributed by atoms with E-state index in [1.54, 1.807) is 0 Å². The smallest absolute Gasteiger partial charge is 0.227 e. The van der Waals surface area contributed by atoms with Crippen molar-refractivity contribution >= 4 is 11.6 Å². The normalized spacial score (nSPS) is 23.1. The highest BCUT2D eigenvalue weighted by Gasteiger charge is 2.30. The second kappa shape index (κ2) is 6.10. The average Bonchev–Trinajstić information content (AvgIpc) is 2.41. The summed E-state index contributed by atoms with van der Waals surface area (Å²) in [5.74, 6) is -1.66. The molecule has 0 aromatic heterocycles. The molecule has 5 heteroatoms. The molecule has 104 valence electrons. The molecule has 0 radical (unpaired) electrons. The lowest BCUT2D eigenvalue weighted by atomic mass is 9.78. The van der Waals surface area contributed by atoms with E-state index < -0.39 is 11.6 Å². The van der Waals surface area contributed by atoms with Gasteiger partial charge in [-0.15, -0.1) is 0 Å². The third-order valence-electron chi connectivity index (χ3n) is 3.74. The lowest BCUT2D eigenvalue weighted by Gasteiger charge is -2.29. The van der Waals surface area contributed by atoms with Crippen LogP contribution in [-0.2, 0) is 4.79 Å². The highest BCUT2D eigenvalue weighted by atomic mass is 19.1. The first-order chi connectivity index (χ1) is 9.11. The van der Waals surface area contributed by atoms with Crippen molar-refractivity contribution in [3.8, 4) is 0 Å². The Bertz CT molecular complexity index is 465. The molecule has 3 nitrogen and oxygen atoms in total. The number of hydrogen-bond donors (Lipinski definition) is 2. The van der Waals surface area contributed by atoms with Gasteiger partial charge in [-0.05, 0) is 37.4 Å². The molecule has 2 unspecified atom stereocenters. The fourth-order valence-corrected chi connectivity index (χ4v) is 2.65. The fraction of sp³-hybridized carbons (Fsp3) is 0.500. The lowest BCUT2D eigenvalue weighted by Crippen LogP contribution is -2.35. The minimum absolute atomic E-state index is 0.0211. The molecule has 1 saturated carbocycles. The van der Waals surface area contributed by atoms with E-state index in [1.807, 2.05) is 0 Å². The van der Waals surface area contributed by atoms with Crippen LogP contribution in [0.1, 0.15) is 25.7 Å². The summed E-state index contributed by atoms with van der Waals surface area (Å²) in [7, 11) is 0. The van der Waals surface area contributed by atoms with Gasteiger partial charge >= 0.3 is 0 Å². The van der Waals surface area contributed by atoms with Gasteiger partial charge in [0, 0.05) is 12.0 Å². The van der Waals surface area contributed by atoms with Crippen LogP contribution in [0.5, 0.6) is 0 Å². The second-order valence-electron chi connectivity index (χ2n) is 5.00. The number of nitrogens with one attached hydrogen (secondary N) is 1. The lowest BCUT2D eigenvalue weighted by molar-refractivity contribution is -0.122. The van der Waals surface area contributed by atoms with E-state index in [9.17, 15) is 13.6 Å². The van der Waals surface area contributed by atoms with Crippen molar-refractivity contribution in [3.63, 3.8) is 0 Å². The molecule has 1 amide bonds. The van der Waals surface area contributed by atoms with E-state index in [0.717, 1.165) is 37.8 Å². The Balaban J connectivity index is 2.07. The summed E-state index contributed by atoms with van der Waals surface area (Å²) < 4.78 is 26.3. The Morgan fingerprint density at radius 3 is 2.74 bits per heavy atom. The van der Waals surface area contributed by atoms with Crippen LogP contribution in [0.4, 0.5) is 14.5 Å². The van der Waals surface area contributed by atoms with E-state index in [4.69, 9.17) is 5.73 Å². The van der Waals surface area contributed by atoms with Gasteiger partial charge in [0.1, 0.15) is 11.6 Å². The number of halogens is 2. The number of rotatable bonds is 3. The molecule has 0 aliphatic heterocycles. The number of carbonyl (C=O) groups excluding carboxylic acids is 1. The van der Waals surface area contributed by atoms with E-state index in [1.165, 1.54) is 6.07 Å². The molecule has 0 spiro atoms. The number of anilines is 1. The van der Waals surface area contributed by atoms with Gasteiger partial charge in [0.05, 0.1) is 5.69 Å². The van der Waals surface area contributed by atoms with Crippen molar-refractivity contribution in [2.45, 2.75) is 25.7 Å². The van der Waals surface area contributed by atoms with Crippen molar-refractivity contribution in [1.29, 1.82) is 0 Å². The fourth-order valence-electron chi connectivity index (χ4n) is 2.65. The van der Waals surface area contributed by atoms with Crippen molar-refractivity contribution in [1.82, 2.24) is 0 Å². The molecule has 0 heterocycles. The predicted octanol–water partition coefficient (Wildman–Crippen LogP) is 2.67. The zero-order valence-electron chi connectivity index (χ0n) is 10.7. The van der Waals surface area contributed by atoms with Gasteiger partial charge in [-0.2, -0.15) is 0 Å². The first-order valence-corrected chi connectivity index (χ1v) is 6.58. The van der Waals surface area contributed by atoms with Crippen molar-refractivity contribution in [2.24, 2.45) is 17.6 Å². The van der Waals surface area contributed by atoms with Crippen LogP contribution in [0.3, 0.4) is 0 Å². The second-order valence-corrected chi connectivity index (χ2v) is 5.00. The molecule has 1 aromatic carbocycles. The minimum Gasteiger partial charge on any atom is -0.330 e. The maximum Gasteiger partial charge on any atom is 0.227 e. The van der Waals surface area contributed by atoms with Crippen LogP contribution in [0.25, 0.3) is 0 Å². The summed E-state index contributed by atoms with van der Waals surface area (Å²) in [5.41, 5.74) is 5.69. The summed E-state index contributed by atoms with van der Waals surface area (Å²) in [6, 6.07) is 3.12. The van der Waals surface area contributed by atoms with E-state index in [0.29, 0.717) is 6.54 Å². The third kappa shape index (κ3) is 3.29. The van der Waals surface area contributed by atoms with Crippen molar-refractivity contribution < 1.29 is 13.6 Å². The van der Waals surface area contributed by atoms with E-state index >= 15 is 0 Å². The molecule has 0 bridgehead atoms. The molecule has 2 rings (SSSR count). The number of amides is 1. The van der Waals surface area contributed by atoms with Gasteiger partial charge in [-0.1, -0.05) is 12.8 Å². The highest BCUT2D eigenvalue weighted by Crippen LogP contribution is 2.30. The number of hydrogen-bond acceptors (Lipinski definition) is 2. The number of benzene rings is 1. The first kappa shape index (κ1) is 13.9. The van der Waals surface area contributed by atoms with Gasteiger partial charge in [-0.25, -0.2) is 8.78 Å². The van der Waals surface area contributed by atoms with Crippen molar-refractivity contribution in [2.75, 3.05) is 11.9 Å². The molecule has 1 aromatic rings. The van der Waals surface area contributed by atoms with Gasteiger partial charge in [0.15, 0.2) is 0 Å². The number of nitrogens with two attached hydrogens (primary N) is 1. The summed E-state index contributed by atoms with van der Waals surface area (Å²) in [6.45, 7) is 0.462. The van der Waals surface area contributed by atoms with Crippen LogP contribution in [-0.4, -0.2) is 12.5 Å². The molecular formula is C14H18F2N2O. The van der Waals surface area contributed by atoms with Crippen LogP contribution >= 0.6 is 0 Å². The van der Waals surface area contributed by atoms with Gasteiger partial charge in [0.25, 0.3) is 0 Å².